The highest BCUT2D eigenvalue weighted by atomic mass is 32.1. The molecule has 7 heteroatoms. The molecule has 1 amide bonds. The third kappa shape index (κ3) is 5.86. The van der Waals surface area contributed by atoms with Gasteiger partial charge in [0.05, 0.1) is 31.7 Å². The molecule has 0 radical (unpaired) electrons. The summed E-state index contributed by atoms with van der Waals surface area (Å²) >= 11 is 1.28. The number of hydrogen-bond acceptors (Lipinski definition) is 6. The lowest BCUT2D eigenvalue weighted by molar-refractivity contribution is -0.142. The predicted octanol–water partition coefficient (Wildman–Crippen LogP) is 3.27. The van der Waals surface area contributed by atoms with Gasteiger partial charge in [-0.05, 0) is 31.9 Å². The molecule has 2 aromatic rings. The van der Waals surface area contributed by atoms with Crippen molar-refractivity contribution in [2.24, 2.45) is 0 Å². The quantitative estimate of drug-likeness (QED) is 0.729. The zero-order valence-corrected chi connectivity index (χ0v) is 15.4. The van der Waals surface area contributed by atoms with Gasteiger partial charge in [-0.15, -0.1) is 11.3 Å². The van der Waals surface area contributed by atoms with Gasteiger partial charge in [0.2, 0.25) is 5.91 Å². The van der Waals surface area contributed by atoms with Crippen LogP contribution in [0.3, 0.4) is 0 Å². The van der Waals surface area contributed by atoms with Crippen molar-refractivity contribution in [1.29, 1.82) is 0 Å². The third-order valence-corrected chi connectivity index (χ3v) is 4.22. The van der Waals surface area contributed by atoms with Crippen molar-refractivity contribution in [1.82, 2.24) is 4.98 Å². The van der Waals surface area contributed by atoms with Crippen molar-refractivity contribution < 1.29 is 19.1 Å². The highest BCUT2D eigenvalue weighted by Crippen LogP contribution is 2.22. The monoisotopic (exact) mass is 362 g/mol. The summed E-state index contributed by atoms with van der Waals surface area (Å²) < 4.78 is 10.6. The van der Waals surface area contributed by atoms with Crippen LogP contribution < -0.4 is 10.1 Å². The molecule has 0 bridgehead atoms. The Kier molecular flexibility index (Phi) is 6.94. The molecule has 1 heterocycles. The molecule has 2 rings (SSSR count). The van der Waals surface area contributed by atoms with Crippen molar-refractivity contribution in [3.05, 3.63) is 40.4 Å². The fourth-order valence-corrected chi connectivity index (χ4v) is 2.99. The lowest BCUT2D eigenvalue weighted by atomic mass is 10.1. The number of ether oxygens (including phenoxy) is 2. The molecule has 0 saturated heterocycles. The van der Waals surface area contributed by atoms with E-state index < -0.39 is 0 Å². The maximum atomic E-state index is 12.0. The summed E-state index contributed by atoms with van der Waals surface area (Å²) in [5, 5.41) is 4.92. The Morgan fingerprint density at radius 1 is 1.24 bits per heavy atom. The molecular formula is C18H22N2O4S. The van der Waals surface area contributed by atoms with Crippen molar-refractivity contribution >= 4 is 28.3 Å². The minimum atomic E-state index is -0.326. The van der Waals surface area contributed by atoms with Crippen LogP contribution in [-0.4, -0.2) is 30.1 Å². The second-order valence-electron chi connectivity index (χ2n) is 5.49. The van der Waals surface area contributed by atoms with Crippen molar-refractivity contribution in [3.8, 4) is 5.75 Å². The number of rotatable bonds is 8. The van der Waals surface area contributed by atoms with Gasteiger partial charge in [-0.1, -0.05) is 18.2 Å². The van der Waals surface area contributed by atoms with E-state index in [0.29, 0.717) is 24.0 Å². The third-order valence-electron chi connectivity index (χ3n) is 3.41. The number of esters is 1. The fourth-order valence-electron chi connectivity index (χ4n) is 2.26. The van der Waals surface area contributed by atoms with Crippen LogP contribution in [0.1, 0.15) is 30.2 Å². The number of para-hydroxylation sites is 1. The first-order valence-corrected chi connectivity index (χ1v) is 8.96. The summed E-state index contributed by atoms with van der Waals surface area (Å²) in [7, 11) is 0. The summed E-state index contributed by atoms with van der Waals surface area (Å²) in [5.41, 5.74) is 2.68. The minimum absolute atomic E-state index is 0.107. The molecule has 0 aliphatic carbocycles. The summed E-state index contributed by atoms with van der Waals surface area (Å²) in [5.74, 6) is 0.317. The highest BCUT2D eigenvalue weighted by molar-refractivity contribution is 7.13. The van der Waals surface area contributed by atoms with Crippen LogP contribution in [0.2, 0.25) is 0 Å². The van der Waals surface area contributed by atoms with E-state index in [1.165, 1.54) is 11.3 Å². The molecule has 0 aliphatic heterocycles. The van der Waals surface area contributed by atoms with E-state index in [0.717, 1.165) is 16.9 Å². The molecule has 1 aromatic heterocycles. The van der Waals surface area contributed by atoms with Gasteiger partial charge >= 0.3 is 5.97 Å². The van der Waals surface area contributed by atoms with Gasteiger partial charge in [-0.25, -0.2) is 4.98 Å². The number of aryl methyl sites for hydroxylation is 2. The maximum absolute atomic E-state index is 12.0. The van der Waals surface area contributed by atoms with E-state index in [9.17, 15) is 9.59 Å². The molecule has 0 saturated carbocycles. The molecule has 1 aromatic carbocycles. The number of aromatic nitrogens is 1. The average Bonchev–Trinajstić information content (AvgIpc) is 2.97. The Morgan fingerprint density at radius 3 is 2.64 bits per heavy atom. The molecule has 1 N–H and O–H groups in total. The van der Waals surface area contributed by atoms with Crippen LogP contribution in [0.25, 0.3) is 0 Å². The van der Waals surface area contributed by atoms with Crippen LogP contribution >= 0.6 is 11.3 Å². The summed E-state index contributed by atoms with van der Waals surface area (Å²) in [6, 6.07) is 5.92. The van der Waals surface area contributed by atoms with Gasteiger partial charge in [0.1, 0.15) is 5.75 Å². The molecule has 0 unspecified atom stereocenters. The highest BCUT2D eigenvalue weighted by Gasteiger charge is 2.11. The number of thiazole rings is 1. The number of nitrogens with one attached hydrogen (secondary N) is 1. The largest absolute Gasteiger partial charge is 0.493 e. The zero-order valence-electron chi connectivity index (χ0n) is 14.6. The zero-order chi connectivity index (χ0) is 18.2. The number of anilines is 1. The second kappa shape index (κ2) is 9.17. The molecular weight excluding hydrogens is 340 g/mol. The second-order valence-corrected chi connectivity index (χ2v) is 6.35. The standard InChI is InChI=1S/C18H22N2O4S/c1-4-23-16(22)10-14-11-25-18(19-14)20-15(21)8-9-24-17-12(2)6-5-7-13(17)3/h5-7,11H,4,8-10H2,1-3H3,(H,19,20,21). The van der Waals surface area contributed by atoms with E-state index in [2.05, 4.69) is 10.3 Å². The van der Waals surface area contributed by atoms with Gasteiger partial charge in [0.25, 0.3) is 0 Å². The number of benzene rings is 1. The van der Waals surface area contributed by atoms with E-state index in [1.54, 1.807) is 12.3 Å². The first-order valence-electron chi connectivity index (χ1n) is 8.08. The lowest BCUT2D eigenvalue weighted by Crippen LogP contribution is -2.15. The molecule has 0 spiro atoms. The molecule has 0 aliphatic rings. The number of nitrogens with zero attached hydrogens (tertiary/aromatic N) is 1. The van der Waals surface area contributed by atoms with Gasteiger partial charge in [0.15, 0.2) is 5.13 Å². The lowest BCUT2D eigenvalue weighted by Gasteiger charge is -2.11. The van der Waals surface area contributed by atoms with Crippen molar-refractivity contribution in [2.45, 2.75) is 33.6 Å². The van der Waals surface area contributed by atoms with Crippen LogP contribution in [0.5, 0.6) is 5.75 Å². The van der Waals surface area contributed by atoms with Gasteiger partial charge in [-0.2, -0.15) is 0 Å². The normalized spacial score (nSPS) is 10.4. The Morgan fingerprint density at radius 2 is 1.96 bits per heavy atom. The van der Waals surface area contributed by atoms with Crippen LogP contribution in [0.4, 0.5) is 5.13 Å². The summed E-state index contributed by atoms with van der Waals surface area (Å²) in [6.07, 6.45) is 0.330. The SMILES string of the molecule is CCOC(=O)Cc1csc(NC(=O)CCOc2c(C)cccc2C)n1. The van der Waals surface area contributed by atoms with Crippen molar-refractivity contribution in [3.63, 3.8) is 0 Å². The number of amides is 1. The Hall–Kier alpha value is -2.41. The topological polar surface area (TPSA) is 77.5 Å². The Balaban J connectivity index is 1.79. The maximum Gasteiger partial charge on any atom is 0.311 e. The molecule has 25 heavy (non-hydrogen) atoms. The van der Waals surface area contributed by atoms with E-state index in [1.807, 2.05) is 32.0 Å². The van der Waals surface area contributed by atoms with E-state index >= 15 is 0 Å². The Labute approximate surface area is 151 Å². The predicted molar refractivity (Wildman–Crippen MR) is 97.1 cm³/mol. The van der Waals surface area contributed by atoms with Crippen LogP contribution in [-0.2, 0) is 20.7 Å². The molecule has 6 nitrogen and oxygen atoms in total. The van der Waals surface area contributed by atoms with Gasteiger partial charge in [0, 0.05) is 5.38 Å². The fraction of sp³-hybridized carbons (Fsp3) is 0.389. The average molecular weight is 362 g/mol. The van der Waals surface area contributed by atoms with Crippen LogP contribution in [0, 0.1) is 13.8 Å². The van der Waals surface area contributed by atoms with Gasteiger partial charge < -0.3 is 14.8 Å². The summed E-state index contributed by atoms with van der Waals surface area (Å²) in [4.78, 5) is 27.6. The first kappa shape index (κ1) is 18.9. The first-order chi connectivity index (χ1) is 12.0. The minimum Gasteiger partial charge on any atom is -0.493 e. The van der Waals surface area contributed by atoms with Crippen LogP contribution in [0.15, 0.2) is 23.6 Å². The molecule has 0 fully saturated rings. The van der Waals surface area contributed by atoms with E-state index in [4.69, 9.17) is 9.47 Å². The number of carbonyl (C=O) groups is 2. The molecule has 134 valence electrons. The number of hydrogen-bond donors (Lipinski definition) is 1. The Bertz CT molecular complexity index is 722. The van der Waals surface area contributed by atoms with Gasteiger partial charge in [-0.3, -0.25) is 9.59 Å². The summed E-state index contributed by atoms with van der Waals surface area (Å²) in [6.45, 7) is 6.34. The van der Waals surface area contributed by atoms with E-state index in [-0.39, 0.29) is 24.7 Å². The molecule has 0 atom stereocenters. The number of carbonyl (C=O) groups excluding carboxylic acids is 2. The van der Waals surface area contributed by atoms with Crippen molar-refractivity contribution in [2.75, 3.05) is 18.5 Å². The smallest absolute Gasteiger partial charge is 0.311 e.